The van der Waals surface area contributed by atoms with Crippen LogP contribution >= 0.6 is 0 Å². The first-order valence-corrected chi connectivity index (χ1v) is 6.90. The highest BCUT2D eigenvalue weighted by atomic mass is 16.2. The molecule has 1 aromatic carbocycles. The minimum Gasteiger partial charge on any atom is -0.382 e. The summed E-state index contributed by atoms with van der Waals surface area (Å²) < 4.78 is 0. The molecule has 102 valence electrons. The molecule has 2 aliphatic carbocycles. The van der Waals surface area contributed by atoms with Crippen molar-refractivity contribution in [2.75, 3.05) is 5.32 Å². The van der Waals surface area contributed by atoms with Crippen molar-refractivity contribution in [1.82, 2.24) is 9.97 Å². The summed E-state index contributed by atoms with van der Waals surface area (Å²) in [7, 11) is 0. The first-order valence-electron chi connectivity index (χ1n) is 6.90. The molecule has 0 bridgehead atoms. The van der Waals surface area contributed by atoms with Crippen LogP contribution in [0.25, 0.3) is 11.0 Å². The van der Waals surface area contributed by atoms with Crippen molar-refractivity contribution in [1.29, 1.82) is 0 Å². The third kappa shape index (κ3) is 1.70. The van der Waals surface area contributed by atoms with Crippen LogP contribution in [-0.4, -0.2) is 16.0 Å². The fourth-order valence-electron chi connectivity index (χ4n) is 3.30. The van der Waals surface area contributed by atoms with E-state index in [1.807, 2.05) is 18.2 Å². The Bertz CT molecular complexity index is 818. The quantitative estimate of drug-likeness (QED) is 0.572. The number of fused-ring (bicyclic) bond motifs is 2. The monoisotopic (exact) mass is 269 g/mol. The van der Waals surface area contributed by atoms with Gasteiger partial charge in [0, 0.05) is 17.6 Å². The van der Waals surface area contributed by atoms with Crippen molar-refractivity contribution in [3.05, 3.63) is 51.1 Å². The van der Waals surface area contributed by atoms with Crippen LogP contribution in [-0.2, 0) is 0 Å². The van der Waals surface area contributed by atoms with E-state index in [1.54, 1.807) is 0 Å². The highest BCUT2D eigenvalue weighted by Gasteiger charge is 2.40. The smallest absolute Gasteiger partial charge is 0.314 e. The average Bonchev–Trinajstić information content (AvgIpc) is 2.79. The van der Waals surface area contributed by atoms with Gasteiger partial charge < -0.3 is 15.3 Å². The Balaban J connectivity index is 1.64. The molecule has 1 fully saturated rings. The van der Waals surface area contributed by atoms with Gasteiger partial charge in [-0.15, -0.1) is 0 Å². The summed E-state index contributed by atoms with van der Waals surface area (Å²) in [6.45, 7) is 0. The van der Waals surface area contributed by atoms with Gasteiger partial charge in [0.1, 0.15) is 0 Å². The van der Waals surface area contributed by atoms with E-state index in [0.717, 1.165) is 11.6 Å². The van der Waals surface area contributed by atoms with Crippen LogP contribution in [0.15, 0.2) is 39.9 Å². The maximum Gasteiger partial charge on any atom is 0.314 e. The average molecular weight is 269 g/mol. The molecule has 0 aliphatic heterocycles. The summed E-state index contributed by atoms with van der Waals surface area (Å²) in [5.74, 6) is 1.45. The summed E-state index contributed by atoms with van der Waals surface area (Å²) >= 11 is 0. The van der Waals surface area contributed by atoms with E-state index in [2.05, 4.69) is 27.4 Å². The molecule has 3 unspecified atom stereocenters. The van der Waals surface area contributed by atoms with E-state index in [1.165, 1.54) is 12.8 Å². The van der Waals surface area contributed by atoms with Gasteiger partial charge in [0.2, 0.25) is 0 Å². The van der Waals surface area contributed by atoms with Crippen LogP contribution in [0.5, 0.6) is 0 Å². The molecule has 3 N–H and O–H groups in total. The third-order valence-corrected chi connectivity index (χ3v) is 4.44. The highest BCUT2D eigenvalue weighted by molar-refractivity contribution is 5.78. The van der Waals surface area contributed by atoms with E-state index in [0.29, 0.717) is 23.0 Å². The fraction of sp³-hybridized carbons (Fsp3) is 0.333. The van der Waals surface area contributed by atoms with Crippen LogP contribution in [0, 0.1) is 11.8 Å². The van der Waals surface area contributed by atoms with Crippen molar-refractivity contribution >= 4 is 16.7 Å². The summed E-state index contributed by atoms with van der Waals surface area (Å²) in [6.07, 6.45) is 6.96. The predicted octanol–water partition coefficient (Wildman–Crippen LogP) is 1.59. The molecule has 3 atom stereocenters. The van der Waals surface area contributed by atoms with E-state index < -0.39 is 11.1 Å². The standard InChI is InChI=1S/C15H15N3O2/c19-14-15(20)18-13-7-9(4-5-11(13)17-14)16-12-6-8-2-1-3-10(8)12/h1,3-5,7-8,10,12,16H,2,6H2,(H,17,19)(H,18,20). The van der Waals surface area contributed by atoms with Gasteiger partial charge in [-0.05, 0) is 37.0 Å². The Hall–Kier alpha value is -2.30. The molecular formula is C15H15N3O2. The lowest BCUT2D eigenvalue weighted by molar-refractivity contribution is 0.218. The van der Waals surface area contributed by atoms with Crippen molar-refractivity contribution < 1.29 is 0 Å². The largest absolute Gasteiger partial charge is 0.382 e. The Morgan fingerprint density at radius 2 is 1.90 bits per heavy atom. The number of aromatic nitrogens is 2. The Morgan fingerprint density at radius 3 is 2.70 bits per heavy atom. The first-order chi connectivity index (χ1) is 9.70. The SMILES string of the molecule is O=c1[nH]c2ccc(NC3CC4CC=CC43)cc2[nH]c1=O. The molecule has 0 saturated heterocycles. The van der Waals surface area contributed by atoms with Gasteiger partial charge >= 0.3 is 11.1 Å². The normalized spacial score (nSPS) is 27.3. The van der Waals surface area contributed by atoms with Crippen molar-refractivity contribution in [2.45, 2.75) is 18.9 Å². The zero-order valence-corrected chi connectivity index (χ0v) is 10.8. The minimum absolute atomic E-state index is 0.477. The fourth-order valence-corrected chi connectivity index (χ4v) is 3.30. The predicted molar refractivity (Wildman–Crippen MR) is 78.0 cm³/mol. The van der Waals surface area contributed by atoms with Gasteiger partial charge in [-0.3, -0.25) is 9.59 Å². The lowest BCUT2D eigenvalue weighted by Gasteiger charge is -2.41. The van der Waals surface area contributed by atoms with Crippen LogP contribution in [0.2, 0.25) is 0 Å². The maximum absolute atomic E-state index is 11.4. The molecule has 5 nitrogen and oxygen atoms in total. The number of anilines is 1. The molecular weight excluding hydrogens is 254 g/mol. The van der Waals surface area contributed by atoms with E-state index in [-0.39, 0.29) is 0 Å². The summed E-state index contributed by atoms with van der Waals surface area (Å²) in [4.78, 5) is 27.8. The maximum atomic E-state index is 11.4. The van der Waals surface area contributed by atoms with Gasteiger partial charge in [-0.2, -0.15) is 0 Å². The molecule has 0 radical (unpaired) electrons. The Labute approximate surface area is 114 Å². The number of hydrogen-bond acceptors (Lipinski definition) is 3. The molecule has 1 aromatic heterocycles. The number of benzene rings is 1. The van der Waals surface area contributed by atoms with Crippen LogP contribution in [0.3, 0.4) is 0 Å². The van der Waals surface area contributed by atoms with Crippen LogP contribution in [0.4, 0.5) is 5.69 Å². The molecule has 0 amide bonds. The van der Waals surface area contributed by atoms with E-state index in [4.69, 9.17) is 0 Å². The number of rotatable bonds is 2. The molecule has 20 heavy (non-hydrogen) atoms. The Kier molecular flexibility index (Phi) is 2.36. The van der Waals surface area contributed by atoms with Crippen molar-refractivity contribution in [3.8, 4) is 0 Å². The molecule has 2 aliphatic rings. The number of allylic oxidation sites excluding steroid dienone is 1. The van der Waals surface area contributed by atoms with E-state index in [9.17, 15) is 9.59 Å². The third-order valence-electron chi connectivity index (χ3n) is 4.44. The zero-order chi connectivity index (χ0) is 13.7. The van der Waals surface area contributed by atoms with Crippen molar-refractivity contribution in [2.24, 2.45) is 11.8 Å². The molecule has 4 rings (SSSR count). The Morgan fingerprint density at radius 1 is 1.10 bits per heavy atom. The number of nitrogens with one attached hydrogen (secondary N) is 3. The van der Waals surface area contributed by atoms with Gasteiger partial charge in [-0.1, -0.05) is 12.2 Å². The van der Waals surface area contributed by atoms with Crippen molar-refractivity contribution in [3.63, 3.8) is 0 Å². The molecule has 5 heteroatoms. The highest BCUT2D eigenvalue weighted by Crippen LogP contribution is 2.44. The lowest BCUT2D eigenvalue weighted by atomic mass is 9.71. The summed E-state index contributed by atoms with van der Waals surface area (Å²) in [6, 6.07) is 6.10. The number of hydrogen-bond donors (Lipinski definition) is 3. The minimum atomic E-state index is -0.615. The van der Waals surface area contributed by atoms with Gasteiger partial charge in [0.25, 0.3) is 0 Å². The topological polar surface area (TPSA) is 77.8 Å². The van der Waals surface area contributed by atoms with E-state index >= 15 is 0 Å². The zero-order valence-electron chi connectivity index (χ0n) is 10.8. The molecule has 1 saturated carbocycles. The second kappa shape index (κ2) is 4.10. The first kappa shape index (κ1) is 11.5. The van der Waals surface area contributed by atoms with Gasteiger partial charge in [0.05, 0.1) is 11.0 Å². The summed E-state index contributed by atoms with van der Waals surface area (Å²) in [5, 5.41) is 3.51. The second-order valence-electron chi connectivity index (χ2n) is 5.66. The number of H-pyrrole nitrogens is 2. The molecule has 1 heterocycles. The summed E-state index contributed by atoms with van der Waals surface area (Å²) in [5.41, 5.74) is 1.04. The van der Waals surface area contributed by atoms with Gasteiger partial charge in [-0.25, -0.2) is 0 Å². The molecule has 0 spiro atoms. The lowest BCUT2D eigenvalue weighted by Crippen LogP contribution is -2.43. The second-order valence-corrected chi connectivity index (χ2v) is 5.66. The number of aromatic amines is 2. The molecule has 2 aromatic rings. The van der Waals surface area contributed by atoms with Crippen LogP contribution < -0.4 is 16.4 Å². The van der Waals surface area contributed by atoms with Gasteiger partial charge in [0.15, 0.2) is 0 Å². The van der Waals surface area contributed by atoms with Crippen LogP contribution in [0.1, 0.15) is 12.8 Å².